The van der Waals surface area contributed by atoms with Crippen molar-refractivity contribution in [2.75, 3.05) is 29.9 Å². The molecular weight excluding hydrogens is 340 g/mol. The fraction of sp³-hybridized carbons (Fsp3) is 0.619. The Bertz CT molecular complexity index is 697. The minimum absolute atomic E-state index is 0.0174. The van der Waals surface area contributed by atoms with Crippen molar-refractivity contribution in [2.45, 2.75) is 64.6 Å². The van der Waals surface area contributed by atoms with E-state index in [1.165, 1.54) is 0 Å². The maximum Gasteiger partial charge on any atom is 0.253 e. The zero-order valence-corrected chi connectivity index (χ0v) is 16.9. The second-order valence-electron chi connectivity index (χ2n) is 7.76. The van der Waals surface area contributed by atoms with Crippen molar-refractivity contribution in [3.8, 4) is 0 Å². The van der Waals surface area contributed by atoms with Gasteiger partial charge in [-0.25, -0.2) is 0 Å². The molecule has 1 aromatic carbocycles. The highest BCUT2D eigenvalue weighted by molar-refractivity contribution is 6.11. The van der Waals surface area contributed by atoms with Gasteiger partial charge in [0.15, 0.2) is 0 Å². The topological polar surface area (TPSA) is 64.7 Å². The van der Waals surface area contributed by atoms with Gasteiger partial charge in [0.2, 0.25) is 5.91 Å². The number of carbonyl (C=O) groups is 2. The quantitative estimate of drug-likeness (QED) is 0.834. The Hall–Kier alpha value is -2.08. The predicted molar refractivity (Wildman–Crippen MR) is 109 cm³/mol. The Labute approximate surface area is 162 Å². The lowest BCUT2D eigenvalue weighted by atomic mass is 9.82. The van der Waals surface area contributed by atoms with Crippen LogP contribution in [0.3, 0.4) is 0 Å². The molecule has 0 saturated carbocycles. The number of nitrogens with zero attached hydrogens (tertiary/aromatic N) is 2. The van der Waals surface area contributed by atoms with Crippen LogP contribution < -0.4 is 15.5 Å². The molecule has 3 rings (SSSR count). The van der Waals surface area contributed by atoms with Crippen LogP contribution >= 0.6 is 0 Å². The van der Waals surface area contributed by atoms with Crippen LogP contribution in [0.2, 0.25) is 0 Å². The van der Waals surface area contributed by atoms with Crippen LogP contribution in [-0.4, -0.2) is 54.0 Å². The lowest BCUT2D eigenvalue weighted by Crippen LogP contribution is -2.65. The van der Waals surface area contributed by atoms with E-state index in [4.69, 9.17) is 0 Å². The van der Waals surface area contributed by atoms with Crippen molar-refractivity contribution in [3.05, 3.63) is 24.3 Å². The first-order valence-electron chi connectivity index (χ1n) is 10.2. The minimum atomic E-state index is -0.626. The van der Waals surface area contributed by atoms with E-state index < -0.39 is 11.6 Å². The molecule has 6 nitrogen and oxygen atoms in total. The molecule has 27 heavy (non-hydrogen) atoms. The fourth-order valence-electron chi connectivity index (χ4n) is 4.21. The highest BCUT2D eigenvalue weighted by Gasteiger charge is 2.49. The molecule has 1 aromatic rings. The second-order valence-corrected chi connectivity index (χ2v) is 7.76. The molecule has 6 heteroatoms. The first-order valence-corrected chi connectivity index (χ1v) is 10.2. The lowest BCUT2D eigenvalue weighted by Gasteiger charge is -2.49. The van der Waals surface area contributed by atoms with Crippen LogP contribution in [0.25, 0.3) is 0 Å². The van der Waals surface area contributed by atoms with Crippen molar-refractivity contribution in [1.29, 1.82) is 0 Å². The zero-order chi connectivity index (χ0) is 19.6. The van der Waals surface area contributed by atoms with Crippen molar-refractivity contribution >= 4 is 23.2 Å². The summed E-state index contributed by atoms with van der Waals surface area (Å²) < 4.78 is 0. The lowest BCUT2D eigenvalue weighted by molar-refractivity contribution is -0.129. The Morgan fingerprint density at radius 3 is 2.52 bits per heavy atom. The standard InChI is InChI=1S/C21H32N4O2/c1-5-15(3)24-13-11-21(12-14-24)20(27)25(16(4)19(26)22-6-2)18-10-8-7-9-17(18)23-21/h7-10,15-16,23H,5-6,11-14H2,1-4H3,(H,22,26)/t15-,16+/m0/s1. The molecule has 0 aromatic heterocycles. The van der Waals surface area contributed by atoms with Crippen LogP contribution in [0.5, 0.6) is 0 Å². The number of hydrogen-bond donors (Lipinski definition) is 2. The molecule has 0 radical (unpaired) electrons. The first kappa shape index (κ1) is 19.7. The van der Waals surface area contributed by atoms with Crippen LogP contribution in [0.15, 0.2) is 24.3 Å². The summed E-state index contributed by atoms with van der Waals surface area (Å²) in [7, 11) is 0. The van der Waals surface area contributed by atoms with Gasteiger partial charge in [-0.15, -0.1) is 0 Å². The van der Waals surface area contributed by atoms with Gasteiger partial charge >= 0.3 is 0 Å². The van der Waals surface area contributed by atoms with Crippen LogP contribution in [0.1, 0.15) is 47.0 Å². The number of benzene rings is 1. The molecule has 2 N–H and O–H groups in total. The molecule has 2 heterocycles. The first-order chi connectivity index (χ1) is 12.9. The summed E-state index contributed by atoms with van der Waals surface area (Å²) in [6.07, 6.45) is 2.61. The number of likely N-dealkylation sites (tertiary alicyclic amines) is 1. The number of likely N-dealkylation sites (N-methyl/N-ethyl adjacent to an activating group) is 1. The second kappa shape index (κ2) is 7.89. The van der Waals surface area contributed by atoms with Gasteiger partial charge in [0.05, 0.1) is 11.4 Å². The van der Waals surface area contributed by atoms with Crippen molar-refractivity contribution in [3.63, 3.8) is 0 Å². The predicted octanol–water partition coefficient (Wildman–Crippen LogP) is 2.60. The van der Waals surface area contributed by atoms with Gasteiger partial charge in [0, 0.05) is 25.7 Å². The van der Waals surface area contributed by atoms with E-state index in [9.17, 15) is 9.59 Å². The summed E-state index contributed by atoms with van der Waals surface area (Å²) in [6.45, 7) is 10.5. The Morgan fingerprint density at radius 2 is 1.89 bits per heavy atom. The fourth-order valence-corrected chi connectivity index (χ4v) is 4.21. The van der Waals surface area contributed by atoms with Gasteiger partial charge in [-0.3, -0.25) is 14.5 Å². The Balaban J connectivity index is 1.91. The van der Waals surface area contributed by atoms with E-state index in [2.05, 4.69) is 29.4 Å². The Morgan fingerprint density at radius 1 is 1.22 bits per heavy atom. The van der Waals surface area contributed by atoms with E-state index in [1.807, 2.05) is 38.1 Å². The largest absolute Gasteiger partial charge is 0.369 e. The summed E-state index contributed by atoms with van der Waals surface area (Å²) >= 11 is 0. The zero-order valence-electron chi connectivity index (χ0n) is 16.9. The molecule has 2 aliphatic rings. The number of para-hydroxylation sites is 2. The van der Waals surface area contributed by atoms with Gasteiger partial charge < -0.3 is 15.5 Å². The summed E-state index contributed by atoms with van der Waals surface area (Å²) in [4.78, 5) is 30.3. The van der Waals surface area contributed by atoms with Gasteiger partial charge in [0.25, 0.3) is 5.91 Å². The van der Waals surface area contributed by atoms with E-state index in [0.29, 0.717) is 12.6 Å². The molecule has 2 atom stereocenters. The number of nitrogens with one attached hydrogen (secondary N) is 2. The minimum Gasteiger partial charge on any atom is -0.369 e. The van der Waals surface area contributed by atoms with E-state index in [1.54, 1.807) is 4.90 Å². The smallest absolute Gasteiger partial charge is 0.253 e. The highest BCUT2D eigenvalue weighted by atomic mass is 16.2. The molecular formula is C21H32N4O2. The number of hydrogen-bond acceptors (Lipinski definition) is 4. The third-order valence-corrected chi connectivity index (χ3v) is 6.15. The summed E-state index contributed by atoms with van der Waals surface area (Å²) in [5.74, 6) is -0.0986. The van der Waals surface area contributed by atoms with Crippen LogP contribution in [0.4, 0.5) is 11.4 Å². The molecule has 0 bridgehead atoms. The molecule has 1 spiro atoms. The average Bonchev–Trinajstić information content (AvgIpc) is 2.69. The molecule has 0 aliphatic carbocycles. The number of piperidine rings is 1. The normalized spacial score (nSPS) is 21.3. The van der Waals surface area contributed by atoms with Crippen LogP contribution in [-0.2, 0) is 9.59 Å². The number of anilines is 2. The van der Waals surface area contributed by atoms with Gasteiger partial charge in [0.1, 0.15) is 11.6 Å². The van der Waals surface area contributed by atoms with Crippen molar-refractivity contribution in [2.24, 2.45) is 0 Å². The summed E-state index contributed by atoms with van der Waals surface area (Å²) in [6, 6.07) is 7.79. The highest BCUT2D eigenvalue weighted by Crippen LogP contribution is 2.41. The van der Waals surface area contributed by atoms with E-state index >= 15 is 0 Å². The van der Waals surface area contributed by atoms with Crippen LogP contribution in [0, 0.1) is 0 Å². The molecule has 2 aliphatic heterocycles. The molecule has 2 amide bonds. The maximum atomic E-state index is 13.6. The van der Waals surface area contributed by atoms with Crippen molar-refractivity contribution < 1.29 is 9.59 Å². The number of rotatable bonds is 5. The number of carbonyl (C=O) groups excluding carboxylic acids is 2. The summed E-state index contributed by atoms with van der Waals surface area (Å²) in [5, 5.41) is 6.40. The molecule has 1 saturated heterocycles. The molecule has 0 unspecified atom stereocenters. The average molecular weight is 373 g/mol. The van der Waals surface area contributed by atoms with Crippen molar-refractivity contribution in [1.82, 2.24) is 10.2 Å². The number of amides is 2. The third kappa shape index (κ3) is 3.55. The van der Waals surface area contributed by atoms with Gasteiger partial charge in [-0.1, -0.05) is 19.1 Å². The Kier molecular flexibility index (Phi) is 5.75. The molecule has 148 valence electrons. The van der Waals surface area contributed by atoms with E-state index in [-0.39, 0.29) is 11.8 Å². The summed E-state index contributed by atoms with van der Waals surface area (Å²) in [5.41, 5.74) is 1.10. The monoisotopic (exact) mass is 372 g/mol. The number of fused-ring (bicyclic) bond motifs is 1. The SMILES string of the molecule is CCNC(=O)[C@@H](C)N1C(=O)C2(CCN([C@@H](C)CC)CC2)Nc2ccccc21. The molecule has 1 fully saturated rings. The maximum absolute atomic E-state index is 13.6. The van der Waals surface area contributed by atoms with Gasteiger partial charge in [-0.05, 0) is 52.2 Å². The van der Waals surface area contributed by atoms with E-state index in [0.717, 1.165) is 43.7 Å². The van der Waals surface area contributed by atoms with Gasteiger partial charge in [-0.2, -0.15) is 0 Å². The third-order valence-electron chi connectivity index (χ3n) is 6.15.